The van der Waals surface area contributed by atoms with Crippen molar-refractivity contribution in [2.24, 2.45) is 0 Å². The van der Waals surface area contributed by atoms with Crippen molar-refractivity contribution in [3.63, 3.8) is 0 Å². The van der Waals surface area contributed by atoms with E-state index in [1.807, 2.05) is 37.3 Å². The molecule has 0 radical (unpaired) electrons. The van der Waals surface area contributed by atoms with Crippen molar-refractivity contribution < 1.29 is 31.9 Å². The number of ether oxygens (including phenoxy) is 2. The number of nitrogens with zero attached hydrogens (tertiary/aromatic N) is 1. The van der Waals surface area contributed by atoms with Crippen LogP contribution in [-0.2, 0) is 15.7 Å². The predicted octanol–water partition coefficient (Wildman–Crippen LogP) is 7.70. The van der Waals surface area contributed by atoms with E-state index >= 15 is 0 Å². The Morgan fingerprint density at radius 3 is 2.36 bits per heavy atom. The van der Waals surface area contributed by atoms with Crippen molar-refractivity contribution in [3.8, 4) is 17.2 Å². The summed E-state index contributed by atoms with van der Waals surface area (Å²) in [5.41, 5.74) is 1.89. The Morgan fingerprint density at radius 2 is 1.72 bits per heavy atom. The molecule has 0 spiro atoms. The van der Waals surface area contributed by atoms with Gasteiger partial charge in [0.25, 0.3) is 0 Å². The summed E-state index contributed by atoms with van der Waals surface area (Å²) in [5.74, 6) is 0.409. The van der Waals surface area contributed by atoms with Crippen LogP contribution in [0, 0.1) is 0 Å². The highest BCUT2D eigenvalue weighted by atomic mass is 32.2. The van der Waals surface area contributed by atoms with Gasteiger partial charge in [-0.05, 0) is 75.4 Å². The average molecular weight is 516 g/mol. The van der Waals surface area contributed by atoms with Gasteiger partial charge in [-0.15, -0.1) is 11.8 Å². The van der Waals surface area contributed by atoms with Crippen molar-refractivity contribution >= 4 is 28.8 Å². The van der Waals surface area contributed by atoms with Gasteiger partial charge in [0, 0.05) is 21.3 Å². The molecule has 4 aromatic rings. The standard InChI is InChI=1S/C27H24F3NO4S/c1-4-33-26(32)16(2)34-20-12-14-21(15-13-20)36-17(3)22-6-5-7-23-24(22)35-25(31-23)18-8-10-19(11-9-18)27(28,29)30/h5-17H,4H2,1-3H3. The van der Waals surface area contributed by atoms with Gasteiger partial charge in [-0.1, -0.05) is 12.1 Å². The normalized spacial score (nSPS) is 13.4. The highest BCUT2D eigenvalue weighted by Crippen LogP contribution is 2.40. The van der Waals surface area contributed by atoms with Gasteiger partial charge >= 0.3 is 12.1 Å². The molecular formula is C27H24F3NO4S. The molecule has 0 aliphatic heterocycles. The third-order valence-electron chi connectivity index (χ3n) is 5.41. The molecule has 5 nitrogen and oxygen atoms in total. The van der Waals surface area contributed by atoms with E-state index in [1.54, 1.807) is 37.7 Å². The van der Waals surface area contributed by atoms with Crippen molar-refractivity contribution in [2.45, 2.75) is 43.2 Å². The first-order valence-corrected chi connectivity index (χ1v) is 12.2. The number of benzene rings is 3. The minimum Gasteiger partial charge on any atom is -0.479 e. The molecule has 0 N–H and O–H groups in total. The monoisotopic (exact) mass is 515 g/mol. The lowest BCUT2D eigenvalue weighted by Crippen LogP contribution is -2.25. The van der Waals surface area contributed by atoms with E-state index in [0.717, 1.165) is 22.6 Å². The maximum absolute atomic E-state index is 12.9. The number of carbonyl (C=O) groups excluding carboxylic acids is 1. The molecule has 0 saturated heterocycles. The molecule has 2 unspecified atom stereocenters. The maximum Gasteiger partial charge on any atom is 0.416 e. The topological polar surface area (TPSA) is 61.6 Å². The lowest BCUT2D eigenvalue weighted by atomic mass is 10.1. The smallest absolute Gasteiger partial charge is 0.416 e. The van der Waals surface area contributed by atoms with Crippen LogP contribution in [0.25, 0.3) is 22.6 Å². The van der Waals surface area contributed by atoms with Gasteiger partial charge in [0.1, 0.15) is 11.3 Å². The largest absolute Gasteiger partial charge is 0.479 e. The molecule has 0 aliphatic carbocycles. The Kier molecular flexibility index (Phi) is 7.59. The molecule has 3 aromatic carbocycles. The summed E-state index contributed by atoms with van der Waals surface area (Å²) in [6.07, 6.45) is -5.10. The van der Waals surface area contributed by atoms with Gasteiger partial charge in [0.2, 0.25) is 5.89 Å². The summed E-state index contributed by atoms with van der Waals surface area (Å²) in [5, 5.41) is -0.00710. The Hall–Kier alpha value is -3.46. The number of fused-ring (bicyclic) bond motifs is 1. The van der Waals surface area contributed by atoms with E-state index in [2.05, 4.69) is 4.98 Å². The van der Waals surface area contributed by atoms with Gasteiger partial charge in [0.05, 0.1) is 12.2 Å². The summed E-state index contributed by atoms with van der Waals surface area (Å²) < 4.78 is 55.2. The van der Waals surface area contributed by atoms with Gasteiger partial charge < -0.3 is 13.9 Å². The molecule has 1 heterocycles. The van der Waals surface area contributed by atoms with Crippen LogP contribution in [0.2, 0.25) is 0 Å². The molecule has 1 aromatic heterocycles. The minimum absolute atomic E-state index is 0.00710. The van der Waals surface area contributed by atoms with Gasteiger partial charge in [-0.2, -0.15) is 13.2 Å². The number of carbonyl (C=O) groups is 1. The molecule has 0 saturated carbocycles. The molecule has 0 fully saturated rings. The van der Waals surface area contributed by atoms with Crippen molar-refractivity contribution in [3.05, 3.63) is 77.9 Å². The fourth-order valence-corrected chi connectivity index (χ4v) is 4.61. The second-order valence-corrected chi connectivity index (χ2v) is 9.45. The number of rotatable bonds is 8. The van der Waals surface area contributed by atoms with Crippen LogP contribution < -0.4 is 4.74 Å². The van der Waals surface area contributed by atoms with Crippen LogP contribution in [0.5, 0.6) is 5.75 Å². The van der Waals surface area contributed by atoms with Crippen molar-refractivity contribution in [1.82, 2.24) is 4.98 Å². The molecule has 2 atom stereocenters. The number of alkyl halides is 3. The number of halogens is 3. The number of hydrogen-bond donors (Lipinski definition) is 0. The SMILES string of the molecule is CCOC(=O)C(C)Oc1ccc(SC(C)c2cccc3nc(-c4ccc(C(F)(F)F)cc4)oc23)cc1. The Morgan fingerprint density at radius 1 is 1.03 bits per heavy atom. The van der Waals surface area contributed by atoms with E-state index in [0.29, 0.717) is 29.0 Å². The highest BCUT2D eigenvalue weighted by molar-refractivity contribution is 7.99. The summed E-state index contributed by atoms with van der Waals surface area (Å²) in [4.78, 5) is 17.2. The fraction of sp³-hybridized carbons (Fsp3) is 0.259. The van der Waals surface area contributed by atoms with E-state index in [1.165, 1.54) is 12.1 Å². The Labute approximate surface area is 210 Å². The third-order valence-corrected chi connectivity index (χ3v) is 6.56. The number of oxazole rings is 1. The lowest BCUT2D eigenvalue weighted by Gasteiger charge is -2.15. The summed E-state index contributed by atoms with van der Waals surface area (Å²) >= 11 is 1.60. The predicted molar refractivity (Wildman–Crippen MR) is 132 cm³/mol. The summed E-state index contributed by atoms with van der Waals surface area (Å²) in [7, 11) is 0. The van der Waals surface area contributed by atoms with Crippen molar-refractivity contribution in [1.29, 1.82) is 0 Å². The first-order valence-electron chi connectivity index (χ1n) is 11.3. The van der Waals surface area contributed by atoms with Gasteiger partial charge in [0.15, 0.2) is 11.7 Å². The first-order chi connectivity index (χ1) is 17.2. The summed E-state index contributed by atoms with van der Waals surface area (Å²) in [6.45, 7) is 5.71. The molecular weight excluding hydrogens is 491 g/mol. The number of hydrogen-bond acceptors (Lipinski definition) is 6. The Bertz CT molecular complexity index is 1330. The second kappa shape index (κ2) is 10.7. The second-order valence-electron chi connectivity index (χ2n) is 8.03. The number of thioether (sulfide) groups is 1. The molecule has 0 bridgehead atoms. The zero-order chi connectivity index (χ0) is 25.9. The van der Waals surface area contributed by atoms with Gasteiger partial charge in [-0.25, -0.2) is 9.78 Å². The zero-order valence-corrected chi connectivity index (χ0v) is 20.7. The number of esters is 1. The van der Waals surface area contributed by atoms with Crippen LogP contribution in [0.3, 0.4) is 0 Å². The van der Waals surface area contributed by atoms with Crippen molar-refractivity contribution in [2.75, 3.05) is 6.61 Å². The average Bonchev–Trinajstić information content (AvgIpc) is 3.29. The van der Waals surface area contributed by atoms with Crippen LogP contribution in [-0.4, -0.2) is 23.7 Å². The van der Waals surface area contributed by atoms with Crippen LogP contribution in [0.4, 0.5) is 13.2 Å². The zero-order valence-electron chi connectivity index (χ0n) is 19.8. The minimum atomic E-state index is -4.40. The van der Waals surface area contributed by atoms with E-state index in [-0.39, 0.29) is 11.1 Å². The molecule has 188 valence electrons. The maximum atomic E-state index is 12.9. The highest BCUT2D eigenvalue weighted by Gasteiger charge is 2.30. The quantitative estimate of drug-likeness (QED) is 0.177. The first kappa shape index (κ1) is 25.6. The number of aromatic nitrogens is 1. The molecule has 0 aliphatic rings. The third kappa shape index (κ3) is 5.84. The molecule has 4 rings (SSSR count). The van der Waals surface area contributed by atoms with E-state index in [4.69, 9.17) is 13.9 Å². The fourth-order valence-electron chi connectivity index (χ4n) is 3.59. The van der Waals surface area contributed by atoms with E-state index < -0.39 is 23.8 Å². The summed E-state index contributed by atoms with van der Waals surface area (Å²) in [6, 6.07) is 17.8. The molecule has 36 heavy (non-hydrogen) atoms. The molecule has 9 heteroatoms. The van der Waals surface area contributed by atoms with Crippen LogP contribution in [0.1, 0.15) is 37.1 Å². The lowest BCUT2D eigenvalue weighted by molar-refractivity contribution is -0.150. The van der Waals surface area contributed by atoms with Crippen LogP contribution in [0.15, 0.2) is 76.0 Å². The van der Waals surface area contributed by atoms with Gasteiger partial charge in [-0.3, -0.25) is 0 Å². The Balaban J connectivity index is 1.49. The van der Waals surface area contributed by atoms with E-state index in [9.17, 15) is 18.0 Å². The van der Waals surface area contributed by atoms with Crippen LogP contribution >= 0.6 is 11.8 Å². The molecule has 0 amide bonds. The number of para-hydroxylation sites is 1.